The van der Waals surface area contributed by atoms with Crippen molar-refractivity contribution in [3.63, 3.8) is 0 Å². The van der Waals surface area contributed by atoms with Crippen molar-refractivity contribution in [3.05, 3.63) is 46.4 Å². The normalized spacial score (nSPS) is 13.3. The van der Waals surface area contributed by atoms with Gasteiger partial charge in [0, 0.05) is 12.2 Å². The molecule has 0 spiro atoms. The molecule has 8 heteroatoms. The van der Waals surface area contributed by atoms with Crippen molar-refractivity contribution >= 4 is 27.0 Å². The number of sulfonamides is 1. The molecule has 4 N–H and O–H groups in total. The van der Waals surface area contributed by atoms with Gasteiger partial charge in [0.25, 0.3) is 0 Å². The predicted octanol–water partition coefficient (Wildman–Crippen LogP) is 1.48. The van der Waals surface area contributed by atoms with Crippen molar-refractivity contribution in [2.45, 2.75) is 11.0 Å². The van der Waals surface area contributed by atoms with Gasteiger partial charge in [0.05, 0.1) is 6.10 Å². The summed E-state index contributed by atoms with van der Waals surface area (Å²) >= 11 is 1.39. The number of anilines is 1. The van der Waals surface area contributed by atoms with E-state index in [-0.39, 0.29) is 12.2 Å². The second kappa shape index (κ2) is 5.88. The highest BCUT2D eigenvalue weighted by Gasteiger charge is 2.20. The molecule has 0 radical (unpaired) electrons. The van der Waals surface area contributed by atoms with Gasteiger partial charge in [0.15, 0.2) is 0 Å². The van der Waals surface area contributed by atoms with Crippen molar-refractivity contribution in [2.24, 2.45) is 0 Å². The van der Waals surface area contributed by atoms with E-state index in [0.717, 1.165) is 12.1 Å². The van der Waals surface area contributed by atoms with Crippen LogP contribution in [-0.2, 0) is 10.0 Å². The minimum Gasteiger partial charge on any atom is -0.399 e. The fraction of sp³-hybridized carbons (Fsp3) is 0.167. The van der Waals surface area contributed by atoms with Crippen molar-refractivity contribution < 1.29 is 17.9 Å². The molecule has 2 rings (SSSR count). The highest BCUT2D eigenvalue weighted by atomic mass is 32.2. The molecule has 0 amide bonds. The lowest BCUT2D eigenvalue weighted by atomic mass is 10.2. The Morgan fingerprint density at radius 1 is 1.40 bits per heavy atom. The summed E-state index contributed by atoms with van der Waals surface area (Å²) in [7, 11) is -4.03. The van der Waals surface area contributed by atoms with Gasteiger partial charge in [-0.15, -0.1) is 0 Å². The number of rotatable bonds is 5. The summed E-state index contributed by atoms with van der Waals surface area (Å²) in [4.78, 5) is -0.496. The molecule has 1 unspecified atom stereocenters. The van der Waals surface area contributed by atoms with Crippen LogP contribution in [0.3, 0.4) is 0 Å². The van der Waals surface area contributed by atoms with E-state index in [9.17, 15) is 17.9 Å². The molecule has 1 atom stereocenters. The van der Waals surface area contributed by atoms with Crippen LogP contribution in [0.2, 0.25) is 0 Å². The molecule has 108 valence electrons. The molecule has 0 saturated heterocycles. The fourth-order valence-corrected chi connectivity index (χ4v) is 3.39. The number of hydrogen-bond acceptors (Lipinski definition) is 5. The van der Waals surface area contributed by atoms with Crippen molar-refractivity contribution in [2.75, 3.05) is 12.3 Å². The number of thiophene rings is 1. The number of halogens is 1. The van der Waals surface area contributed by atoms with Crippen LogP contribution in [0.1, 0.15) is 11.7 Å². The number of benzene rings is 1. The van der Waals surface area contributed by atoms with Crippen molar-refractivity contribution in [1.82, 2.24) is 4.72 Å². The number of hydrogen-bond donors (Lipinski definition) is 3. The zero-order valence-electron chi connectivity index (χ0n) is 10.3. The Labute approximate surface area is 119 Å². The lowest BCUT2D eigenvalue weighted by Crippen LogP contribution is -2.29. The Morgan fingerprint density at radius 3 is 2.75 bits per heavy atom. The van der Waals surface area contributed by atoms with Crippen LogP contribution in [0.4, 0.5) is 10.1 Å². The Bertz CT molecular complexity index is 687. The SMILES string of the molecule is Nc1ccc(S(=O)(=O)NCC(O)c2ccsc2)c(F)c1. The van der Waals surface area contributed by atoms with Crippen LogP contribution in [0.15, 0.2) is 39.9 Å². The number of nitrogens with one attached hydrogen (secondary N) is 1. The fourth-order valence-electron chi connectivity index (χ4n) is 1.58. The number of nitrogens with two attached hydrogens (primary N) is 1. The van der Waals surface area contributed by atoms with Gasteiger partial charge < -0.3 is 10.8 Å². The minimum absolute atomic E-state index is 0.139. The van der Waals surface area contributed by atoms with Gasteiger partial charge in [-0.1, -0.05) is 0 Å². The summed E-state index contributed by atoms with van der Waals surface area (Å²) in [6, 6.07) is 5.01. The maximum Gasteiger partial charge on any atom is 0.243 e. The quantitative estimate of drug-likeness (QED) is 0.729. The Morgan fingerprint density at radius 2 is 2.15 bits per heavy atom. The summed E-state index contributed by atoms with van der Waals surface area (Å²) in [6.07, 6.45) is -0.979. The van der Waals surface area contributed by atoms with Crippen molar-refractivity contribution in [3.8, 4) is 0 Å². The molecule has 1 aromatic carbocycles. The van der Waals surface area contributed by atoms with Gasteiger partial charge in [-0.25, -0.2) is 17.5 Å². The highest BCUT2D eigenvalue weighted by molar-refractivity contribution is 7.89. The first-order valence-corrected chi connectivity index (χ1v) is 8.07. The minimum atomic E-state index is -4.03. The Kier molecular flexibility index (Phi) is 4.39. The van der Waals surface area contributed by atoms with Gasteiger partial charge in [-0.3, -0.25) is 0 Å². The van der Waals surface area contributed by atoms with E-state index in [4.69, 9.17) is 5.73 Å². The Hall–Kier alpha value is -1.48. The van der Waals surface area contributed by atoms with Crippen LogP contribution in [0.5, 0.6) is 0 Å². The summed E-state index contributed by atoms with van der Waals surface area (Å²) < 4.78 is 39.6. The molecule has 20 heavy (non-hydrogen) atoms. The zero-order valence-corrected chi connectivity index (χ0v) is 11.9. The van der Waals surface area contributed by atoms with Gasteiger partial charge in [-0.05, 0) is 40.6 Å². The maximum absolute atomic E-state index is 13.6. The first-order valence-electron chi connectivity index (χ1n) is 5.65. The maximum atomic E-state index is 13.6. The third-order valence-corrected chi connectivity index (χ3v) is 4.80. The topological polar surface area (TPSA) is 92.4 Å². The summed E-state index contributed by atoms with van der Waals surface area (Å²) in [5.41, 5.74) is 6.11. The molecule has 0 bridgehead atoms. The molecular weight excluding hydrogens is 303 g/mol. The molecule has 2 aromatic rings. The monoisotopic (exact) mass is 316 g/mol. The van der Waals surface area contributed by atoms with Gasteiger partial charge >= 0.3 is 0 Å². The van der Waals surface area contributed by atoms with E-state index in [1.807, 2.05) is 0 Å². The standard InChI is InChI=1S/C12H13FN2O3S2/c13-10-5-9(14)1-2-12(10)20(17,18)15-6-11(16)8-3-4-19-7-8/h1-5,7,11,15-16H,6,14H2. The largest absolute Gasteiger partial charge is 0.399 e. The first kappa shape index (κ1) is 14.9. The zero-order chi connectivity index (χ0) is 14.8. The molecule has 0 saturated carbocycles. The van der Waals surface area contributed by atoms with Gasteiger partial charge in [0.1, 0.15) is 10.7 Å². The lowest BCUT2D eigenvalue weighted by molar-refractivity contribution is 0.182. The molecule has 0 fully saturated rings. The average Bonchev–Trinajstić information content (AvgIpc) is 2.89. The number of aliphatic hydroxyl groups excluding tert-OH is 1. The second-order valence-corrected chi connectivity index (χ2v) is 6.63. The number of nitrogen functional groups attached to an aromatic ring is 1. The van der Waals surface area contributed by atoms with Crippen LogP contribution in [0, 0.1) is 5.82 Å². The van der Waals surface area contributed by atoms with E-state index < -0.39 is 26.8 Å². The third kappa shape index (κ3) is 3.34. The van der Waals surface area contributed by atoms with E-state index >= 15 is 0 Å². The highest BCUT2D eigenvalue weighted by Crippen LogP contribution is 2.19. The van der Waals surface area contributed by atoms with Crippen LogP contribution >= 0.6 is 11.3 Å². The molecule has 0 aliphatic carbocycles. The molecule has 0 aliphatic heterocycles. The van der Waals surface area contributed by atoms with E-state index in [2.05, 4.69) is 4.72 Å². The van der Waals surface area contributed by atoms with E-state index in [1.165, 1.54) is 17.4 Å². The molecular formula is C12H13FN2O3S2. The molecule has 0 aliphatic rings. The first-order chi connectivity index (χ1) is 9.40. The van der Waals surface area contributed by atoms with Crippen LogP contribution in [-0.4, -0.2) is 20.1 Å². The summed E-state index contributed by atoms with van der Waals surface area (Å²) in [6.45, 7) is -0.233. The van der Waals surface area contributed by atoms with Gasteiger partial charge in [0.2, 0.25) is 10.0 Å². The lowest BCUT2D eigenvalue weighted by Gasteiger charge is -2.11. The predicted molar refractivity (Wildman–Crippen MR) is 75.3 cm³/mol. The second-order valence-electron chi connectivity index (χ2n) is 4.11. The summed E-state index contributed by atoms with van der Waals surface area (Å²) in [5, 5.41) is 13.3. The van der Waals surface area contributed by atoms with Crippen LogP contribution < -0.4 is 10.5 Å². The van der Waals surface area contributed by atoms with Crippen molar-refractivity contribution in [1.29, 1.82) is 0 Å². The molecule has 1 aromatic heterocycles. The number of aliphatic hydroxyl groups is 1. The van der Waals surface area contributed by atoms with E-state index in [1.54, 1.807) is 16.8 Å². The summed E-state index contributed by atoms with van der Waals surface area (Å²) in [5.74, 6) is -0.928. The van der Waals surface area contributed by atoms with E-state index in [0.29, 0.717) is 5.56 Å². The third-order valence-electron chi connectivity index (χ3n) is 2.64. The average molecular weight is 316 g/mol. The van der Waals surface area contributed by atoms with Crippen LogP contribution in [0.25, 0.3) is 0 Å². The Balaban J connectivity index is 2.11. The smallest absolute Gasteiger partial charge is 0.243 e. The molecule has 5 nitrogen and oxygen atoms in total. The van der Waals surface area contributed by atoms with Gasteiger partial charge in [-0.2, -0.15) is 11.3 Å². The molecule has 1 heterocycles.